The molecule has 0 aliphatic carbocycles. The van der Waals surface area contributed by atoms with E-state index in [2.05, 4.69) is 7.05 Å². The average Bonchev–Trinajstić information content (AvgIpc) is 2.11. The SMILES string of the molecule is CC(=S)[N+](C)(CC=CCl)CC=CCl. The van der Waals surface area contributed by atoms with Gasteiger partial charge in [0.1, 0.15) is 13.1 Å². The van der Waals surface area contributed by atoms with Gasteiger partial charge in [0, 0.05) is 18.0 Å². The van der Waals surface area contributed by atoms with Crippen molar-refractivity contribution in [2.45, 2.75) is 6.92 Å². The van der Waals surface area contributed by atoms with Crippen molar-refractivity contribution in [1.29, 1.82) is 0 Å². The molecule has 0 aliphatic rings. The number of rotatable bonds is 4. The number of hydrogen-bond acceptors (Lipinski definition) is 1. The van der Waals surface area contributed by atoms with E-state index in [1.165, 1.54) is 11.1 Å². The van der Waals surface area contributed by atoms with Gasteiger partial charge in [-0.2, -0.15) is 0 Å². The Bertz CT molecular complexity index is 210. The molecular weight excluding hydrogens is 225 g/mol. The second-order valence-corrected chi connectivity index (χ2v) is 4.10. The van der Waals surface area contributed by atoms with E-state index in [1.807, 2.05) is 19.1 Å². The normalized spacial score (nSPS) is 16.6. The predicted molar refractivity (Wildman–Crippen MR) is 64.2 cm³/mol. The standard InChI is InChI=1S/C9H14Cl2NS/c1-9(13)12(2,7-3-5-10)8-4-6-11/h3-6H,7-8H2,1-2H3/q+1. The molecule has 0 atom stereocenters. The van der Waals surface area contributed by atoms with Crippen LogP contribution in [-0.4, -0.2) is 29.6 Å². The quantitative estimate of drug-likeness (QED) is 0.536. The Kier molecular flexibility index (Phi) is 6.60. The summed E-state index contributed by atoms with van der Waals surface area (Å²) in [5.41, 5.74) is 3.03. The first-order chi connectivity index (χ1) is 6.06. The number of halogens is 2. The molecule has 0 rings (SSSR count). The van der Waals surface area contributed by atoms with Crippen molar-refractivity contribution in [3.63, 3.8) is 0 Å². The van der Waals surface area contributed by atoms with Crippen molar-refractivity contribution in [2.24, 2.45) is 0 Å². The number of nitrogens with zero attached hydrogens (tertiary/aromatic N) is 1. The fraction of sp³-hybridized carbons (Fsp3) is 0.444. The van der Waals surface area contributed by atoms with Crippen LogP contribution in [0.1, 0.15) is 6.92 Å². The first kappa shape index (κ1) is 13.1. The van der Waals surface area contributed by atoms with E-state index in [0.717, 1.165) is 18.1 Å². The fourth-order valence-electron chi connectivity index (χ4n) is 0.877. The zero-order valence-electron chi connectivity index (χ0n) is 7.84. The predicted octanol–water partition coefficient (Wildman–Crippen LogP) is 3.29. The van der Waals surface area contributed by atoms with E-state index in [4.69, 9.17) is 35.4 Å². The summed E-state index contributed by atoms with van der Waals surface area (Å²) in [5, 5.41) is 0. The molecule has 0 unspecified atom stereocenters. The van der Waals surface area contributed by atoms with Crippen LogP contribution in [0.25, 0.3) is 0 Å². The Morgan fingerprint density at radius 3 is 1.85 bits per heavy atom. The molecule has 0 aromatic carbocycles. The Balaban J connectivity index is 4.42. The first-order valence-electron chi connectivity index (χ1n) is 3.93. The molecule has 0 heterocycles. The first-order valence-corrected chi connectivity index (χ1v) is 5.21. The van der Waals surface area contributed by atoms with Crippen molar-refractivity contribution in [1.82, 2.24) is 0 Å². The largest absolute Gasteiger partial charge is 0.281 e. The van der Waals surface area contributed by atoms with Crippen LogP contribution < -0.4 is 0 Å². The van der Waals surface area contributed by atoms with Crippen molar-refractivity contribution in [2.75, 3.05) is 20.1 Å². The third kappa shape index (κ3) is 4.77. The molecule has 0 N–H and O–H groups in total. The lowest BCUT2D eigenvalue weighted by molar-refractivity contribution is -0.805. The number of quaternary nitrogens is 1. The molecule has 0 spiro atoms. The molecule has 0 amide bonds. The summed E-state index contributed by atoms with van der Waals surface area (Å²) in [4.78, 5) is 0.921. The topological polar surface area (TPSA) is 0 Å². The second kappa shape index (κ2) is 6.55. The summed E-state index contributed by atoms with van der Waals surface area (Å²) in [6.45, 7) is 3.51. The Morgan fingerprint density at radius 2 is 1.62 bits per heavy atom. The Morgan fingerprint density at radius 1 is 1.23 bits per heavy atom. The summed E-state index contributed by atoms with van der Waals surface area (Å²) in [7, 11) is 2.05. The van der Waals surface area contributed by atoms with Crippen molar-refractivity contribution >= 4 is 40.4 Å². The van der Waals surface area contributed by atoms with Crippen LogP contribution >= 0.6 is 35.4 Å². The van der Waals surface area contributed by atoms with Gasteiger partial charge in [0.05, 0.1) is 7.05 Å². The lowest BCUT2D eigenvalue weighted by Gasteiger charge is -2.30. The number of thiocarbonyl (C=S) groups is 1. The van der Waals surface area contributed by atoms with Gasteiger partial charge >= 0.3 is 0 Å². The molecule has 13 heavy (non-hydrogen) atoms. The molecule has 0 saturated carbocycles. The lowest BCUT2D eigenvalue weighted by atomic mass is 10.3. The van der Waals surface area contributed by atoms with Crippen LogP contribution in [0.3, 0.4) is 0 Å². The van der Waals surface area contributed by atoms with Gasteiger partial charge in [0.15, 0.2) is 4.99 Å². The van der Waals surface area contributed by atoms with Crippen LogP contribution in [0.2, 0.25) is 0 Å². The average molecular weight is 239 g/mol. The Labute approximate surface area is 95.2 Å². The summed E-state index contributed by atoms with van der Waals surface area (Å²) >= 11 is 16.1. The van der Waals surface area contributed by atoms with Crippen LogP contribution in [-0.2, 0) is 0 Å². The Hall–Kier alpha value is 0.110. The summed E-state index contributed by atoms with van der Waals surface area (Å²) in [5.74, 6) is 0. The van der Waals surface area contributed by atoms with Crippen molar-refractivity contribution in [3.8, 4) is 0 Å². The molecule has 74 valence electrons. The zero-order valence-corrected chi connectivity index (χ0v) is 10.2. The maximum Gasteiger partial charge on any atom is 0.171 e. The monoisotopic (exact) mass is 238 g/mol. The van der Waals surface area contributed by atoms with E-state index < -0.39 is 0 Å². The highest BCUT2D eigenvalue weighted by molar-refractivity contribution is 7.79. The molecule has 0 aliphatic heterocycles. The minimum Gasteiger partial charge on any atom is -0.281 e. The highest BCUT2D eigenvalue weighted by atomic mass is 35.5. The van der Waals surface area contributed by atoms with Crippen LogP contribution in [0.4, 0.5) is 0 Å². The molecule has 1 nitrogen and oxygen atoms in total. The van der Waals surface area contributed by atoms with Crippen molar-refractivity contribution < 1.29 is 4.48 Å². The summed E-state index contributed by atoms with van der Waals surface area (Å²) < 4.78 is 0.655. The van der Waals surface area contributed by atoms with Crippen LogP contribution in [0, 0.1) is 0 Å². The molecular formula is C9H14Cl2NS+. The zero-order chi connectivity index (χ0) is 10.3. The minimum absolute atomic E-state index is 0.655. The van der Waals surface area contributed by atoms with E-state index >= 15 is 0 Å². The summed E-state index contributed by atoms with van der Waals surface area (Å²) in [6, 6.07) is 0. The molecule has 0 fully saturated rings. The third-order valence-corrected chi connectivity index (χ3v) is 2.75. The highest BCUT2D eigenvalue weighted by Gasteiger charge is 2.20. The van der Waals surface area contributed by atoms with Crippen LogP contribution in [0.5, 0.6) is 0 Å². The van der Waals surface area contributed by atoms with Gasteiger partial charge in [0.25, 0.3) is 0 Å². The second-order valence-electron chi connectivity index (χ2n) is 3.00. The number of hydrogen-bond donors (Lipinski definition) is 0. The van der Waals surface area contributed by atoms with Crippen molar-refractivity contribution in [3.05, 3.63) is 23.2 Å². The molecule has 0 saturated heterocycles. The van der Waals surface area contributed by atoms with Gasteiger partial charge < -0.3 is 0 Å². The fourth-order valence-corrected chi connectivity index (χ4v) is 1.19. The van der Waals surface area contributed by atoms with Crippen LogP contribution in [0.15, 0.2) is 23.2 Å². The van der Waals surface area contributed by atoms with Gasteiger partial charge in [-0.25, -0.2) is 0 Å². The smallest absolute Gasteiger partial charge is 0.171 e. The molecule has 0 bridgehead atoms. The highest BCUT2D eigenvalue weighted by Crippen LogP contribution is 2.06. The van der Waals surface area contributed by atoms with E-state index in [0.29, 0.717) is 4.48 Å². The van der Waals surface area contributed by atoms with E-state index in [9.17, 15) is 0 Å². The van der Waals surface area contributed by atoms with Gasteiger partial charge in [-0.3, -0.25) is 4.48 Å². The van der Waals surface area contributed by atoms with Gasteiger partial charge in [-0.05, 0) is 24.4 Å². The third-order valence-electron chi connectivity index (χ3n) is 1.96. The molecule has 0 aromatic heterocycles. The van der Waals surface area contributed by atoms with E-state index in [-0.39, 0.29) is 0 Å². The molecule has 0 radical (unpaired) electrons. The minimum atomic E-state index is 0.655. The van der Waals surface area contributed by atoms with E-state index in [1.54, 1.807) is 0 Å². The van der Waals surface area contributed by atoms with Gasteiger partial charge in [-0.1, -0.05) is 23.2 Å². The van der Waals surface area contributed by atoms with Gasteiger partial charge in [0.2, 0.25) is 0 Å². The maximum atomic E-state index is 5.47. The molecule has 4 heteroatoms. The molecule has 0 aromatic rings. The maximum absolute atomic E-state index is 5.47. The lowest BCUT2D eigenvalue weighted by Crippen LogP contribution is -2.47. The number of likely N-dealkylation sites (N-methyl/N-ethyl adjacent to an activating group) is 1. The summed E-state index contributed by atoms with van der Waals surface area (Å²) in [6.07, 6.45) is 3.78. The van der Waals surface area contributed by atoms with Gasteiger partial charge in [-0.15, -0.1) is 0 Å².